The second-order valence-electron chi connectivity index (χ2n) is 5.70. The van der Waals surface area contributed by atoms with Gasteiger partial charge in [0.15, 0.2) is 0 Å². The van der Waals surface area contributed by atoms with Crippen molar-refractivity contribution >= 4 is 11.6 Å². The third-order valence-electron chi connectivity index (χ3n) is 3.53. The molecule has 1 N–H and O–H groups in total. The van der Waals surface area contributed by atoms with Crippen molar-refractivity contribution in [3.63, 3.8) is 0 Å². The molecule has 0 aliphatic carbocycles. The molecule has 0 unspecified atom stereocenters. The lowest BCUT2D eigenvalue weighted by Crippen LogP contribution is -2.37. The predicted molar refractivity (Wildman–Crippen MR) is 86.0 cm³/mol. The maximum atomic E-state index is 12.7. The molecule has 0 fully saturated rings. The van der Waals surface area contributed by atoms with Crippen molar-refractivity contribution in [1.29, 1.82) is 0 Å². The second-order valence-corrected chi connectivity index (χ2v) is 6.08. The summed E-state index contributed by atoms with van der Waals surface area (Å²) >= 11 is 6.03. The van der Waals surface area contributed by atoms with Gasteiger partial charge in [0.2, 0.25) is 0 Å². The Labute approximate surface area is 128 Å². The Balaban J connectivity index is 2.93. The maximum absolute atomic E-state index is 12.7. The molecule has 1 heterocycles. The van der Waals surface area contributed by atoms with Gasteiger partial charge in [-0.3, -0.25) is 9.78 Å². The number of nitrogens with zero attached hydrogens (tertiary/aromatic N) is 1. The van der Waals surface area contributed by atoms with Crippen molar-refractivity contribution in [3.8, 4) is 5.69 Å². The average molecular weight is 307 g/mol. The fourth-order valence-corrected chi connectivity index (χ4v) is 3.13. The molecular formula is C16H19ClN2O2. The summed E-state index contributed by atoms with van der Waals surface area (Å²) in [6, 6.07) is 3.91. The van der Waals surface area contributed by atoms with Crippen molar-refractivity contribution in [2.75, 3.05) is 0 Å². The molecule has 2 rings (SSSR count). The number of aryl methyl sites for hydroxylation is 3. The topological polar surface area (TPSA) is 54.9 Å². The highest BCUT2D eigenvalue weighted by Gasteiger charge is 2.18. The van der Waals surface area contributed by atoms with Crippen LogP contribution in [0.5, 0.6) is 0 Å². The van der Waals surface area contributed by atoms with Crippen LogP contribution in [0.25, 0.3) is 5.69 Å². The Morgan fingerprint density at radius 3 is 2.10 bits per heavy atom. The van der Waals surface area contributed by atoms with E-state index in [9.17, 15) is 9.59 Å². The maximum Gasteiger partial charge on any atom is 0.334 e. The van der Waals surface area contributed by atoms with Gasteiger partial charge in [-0.25, -0.2) is 9.36 Å². The Morgan fingerprint density at radius 1 is 1.10 bits per heavy atom. The number of hydrogen-bond donors (Lipinski definition) is 1. The highest BCUT2D eigenvalue weighted by molar-refractivity contribution is 6.30. The van der Waals surface area contributed by atoms with E-state index in [1.54, 1.807) is 0 Å². The first-order valence-corrected chi connectivity index (χ1v) is 7.24. The minimum Gasteiger partial charge on any atom is -0.297 e. The van der Waals surface area contributed by atoms with Gasteiger partial charge in [0.25, 0.3) is 5.56 Å². The van der Waals surface area contributed by atoms with Crippen LogP contribution in [0.2, 0.25) is 5.15 Å². The van der Waals surface area contributed by atoms with Crippen LogP contribution in [0.1, 0.15) is 42.0 Å². The number of hydrogen-bond acceptors (Lipinski definition) is 2. The standard InChI is InChI=1S/C16H19ClN2O2/c1-8(2)12-14(17)18-16(21)19(15(12)20)13-10(4)6-9(3)7-11(13)5/h6-8H,1-5H3,(H,18,21). The molecule has 1 aromatic carbocycles. The van der Waals surface area contributed by atoms with Crippen LogP contribution >= 0.6 is 11.6 Å². The molecule has 0 atom stereocenters. The molecule has 0 aliphatic heterocycles. The third kappa shape index (κ3) is 2.68. The first-order chi connectivity index (χ1) is 9.73. The van der Waals surface area contributed by atoms with Crippen LogP contribution in [0.15, 0.2) is 21.7 Å². The number of aromatic nitrogens is 2. The fraction of sp³-hybridized carbons (Fsp3) is 0.375. The molecule has 0 saturated carbocycles. The van der Waals surface area contributed by atoms with Gasteiger partial charge in [-0.15, -0.1) is 0 Å². The van der Waals surface area contributed by atoms with Crippen molar-refractivity contribution in [2.45, 2.75) is 40.5 Å². The summed E-state index contributed by atoms with van der Waals surface area (Å²) in [6.07, 6.45) is 0. The zero-order chi connectivity index (χ0) is 15.9. The summed E-state index contributed by atoms with van der Waals surface area (Å²) in [6.45, 7) is 9.52. The molecule has 0 radical (unpaired) electrons. The number of halogens is 1. The molecule has 0 amide bonds. The van der Waals surface area contributed by atoms with Crippen molar-refractivity contribution in [1.82, 2.24) is 9.55 Å². The fourth-order valence-electron chi connectivity index (χ4n) is 2.75. The summed E-state index contributed by atoms with van der Waals surface area (Å²) in [5.74, 6) is -0.0702. The zero-order valence-corrected chi connectivity index (χ0v) is 13.6. The SMILES string of the molecule is Cc1cc(C)c(-n2c(=O)[nH]c(Cl)c(C(C)C)c2=O)c(C)c1. The van der Waals surface area contributed by atoms with E-state index in [1.165, 1.54) is 4.57 Å². The van der Waals surface area contributed by atoms with E-state index < -0.39 is 5.69 Å². The second kappa shape index (κ2) is 5.53. The van der Waals surface area contributed by atoms with Crippen LogP contribution < -0.4 is 11.2 Å². The van der Waals surface area contributed by atoms with Gasteiger partial charge in [0, 0.05) is 0 Å². The number of nitrogens with one attached hydrogen (secondary N) is 1. The lowest BCUT2D eigenvalue weighted by atomic mass is 10.0. The summed E-state index contributed by atoms with van der Waals surface area (Å²) in [5, 5.41) is 0.124. The van der Waals surface area contributed by atoms with Crippen LogP contribution in [-0.2, 0) is 0 Å². The van der Waals surface area contributed by atoms with E-state index in [1.807, 2.05) is 46.8 Å². The first kappa shape index (κ1) is 15.6. The summed E-state index contributed by atoms with van der Waals surface area (Å²) in [4.78, 5) is 27.5. The van der Waals surface area contributed by atoms with Gasteiger partial charge >= 0.3 is 5.69 Å². The molecule has 0 bridgehead atoms. The highest BCUT2D eigenvalue weighted by Crippen LogP contribution is 2.21. The number of benzene rings is 1. The van der Waals surface area contributed by atoms with Gasteiger partial charge in [0.05, 0.1) is 11.3 Å². The average Bonchev–Trinajstić information content (AvgIpc) is 2.30. The predicted octanol–water partition coefficient (Wildman–Crippen LogP) is 3.23. The Kier molecular flexibility index (Phi) is 4.10. The molecule has 112 valence electrons. The molecule has 1 aromatic heterocycles. The lowest BCUT2D eigenvalue weighted by Gasteiger charge is -2.15. The van der Waals surface area contributed by atoms with E-state index in [0.717, 1.165) is 16.7 Å². The molecule has 0 saturated heterocycles. The summed E-state index contributed by atoms with van der Waals surface area (Å²) in [5.41, 5.74) is 3.06. The number of rotatable bonds is 2. The largest absolute Gasteiger partial charge is 0.334 e. The van der Waals surface area contributed by atoms with E-state index in [0.29, 0.717) is 11.3 Å². The van der Waals surface area contributed by atoms with E-state index >= 15 is 0 Å². The van der Waals surface area contributed by atoms with Gasteiger partial charge in [-0.2, -0.15) is 0 Å². The Morgan fingerprint density at radius 2 is 1.62 bits per heavy atom. The van der Waals surface area contributed by atoms with Gasteiger partial charge in [-0.1, -0.05) is 43.1 Å². The van der Waals surface area contributed by atoms with E-state index in [2.05, 4.69) is 4.98 Å². The van der Waals surface area contributed by atoms with E-state index in [4.69, 9.17) is 11.6 Å². The van der Waals surface area contributed by atoms with Gasteiger partial charge < -0.3 is 0 Å². The van der Waals surface area contributed by atoms with Crippen molar-refractivity contribution < 1.29 is 0 Å². The van der Waals surface area contributed by atoms with Crippen LogP contribution in [-0.4, -0.2) is 9.55 Å². The molecule has 0 aliphatic rings. The summed E-state index contributed by atoms with van der Waals surface area (Å²) in [7, 11) is 0. The monoisotopic (exact) mass is 306 g/mol. The molecule has 4 nitrogen and oxygen atoms in total. The van der Waals surface area contributed by atoms with Crippen molar-refractivity contribution in [2.24, 2.45) is 0 Å². The Hall–Kier alpha value is -1.81. The molecule has 0 spiro atoms. The first-order valence-electron chi connectivity index (χ1n) is 6.87. The zero-order valence-electron chi connectivity index (χ0n) is 12.9. The quantitative estimate of drug-likeness (QED) is 0.866. The molecular weight excluding hydrogens is 288 g/mol. The highest BCUT2D eigenvalue weighted by atomic mass is 35.5. The van der Waals surface area contributed by atoms with Crippen LogP contribution in [0.3, 0.4) is 0 Å². The summed E-state index contributed by atoms with van der Waals surface area (Å²) < 4.78 is 1.19. The number of aromatic amines is 1. The molecule has 5 heteroatoms. The third-order valence-corrected chi connectivity index (χ3v) is 3.82. The molecule has 21 heavy (non-hydrogen) atoms. The van der Waals surface area contributed by atoms with Gasteiger partial charge in [0.1, 0.15) is 5.15 Å². The Bertz CT molecular complexity index is 793. The smallest absolute Gasteiger partial charge is 0.297 e. The van der Waals surface area contributed by atoms with Crippen LogP contribution in [0.4, 0.5) is 0 Å². The molecule has 2 aromatic rings. The van der Waals surface area contributed by atoms with Gasteiger partial charge in [-0.05, 0) is 37.8 Å². The minimum atomic E-state index is -0.510. The van der Waals surface area contributed by atoms with E-state index in [-0.39, 0.29) is 16.6 Å². The minimum absolute atomic E-state index is 0.0702. The van der Waals surface area contributed by atoms with Crippen LogP contribution in [0, 0.1) is 20.8 Å². The lowest BCUT2D eigenvalue weighted by molar-refractivity contribution is 0.772. The van der Waals surface area contributed by atoms with Crippen molar-refractivity contribution in [3.05, 3.63) is 60.4 Å². The number of H-pyrrole nitrogens is 1. The normalized spacial score (nSPS) is 11.2.